The van der Waals surface area contributed by atoms with E-state index in [1.165, 1.54) is 37.8 Å². The molecule has 3 aromatic rings. The molecule has 6 saturated heterocycles. The van der Waals surface area contributed by atoms with Crippen molar-refractivity contribution in [3.05, 3.63) is 41.7 Å². The summed E-state index contributed by atoms with van der Waals surface area (Å²) < 4.78 is 84.6. The second-order valence-corrected chi connectivity index (χ2v) is 27.4. The van der Waals surface area contributed by atoms with Gasteiger partial charge in [0, 0.05) is 124 Å². The highest BCUT2D eigenvalue weighted by Gasteiger charge is 2.59. The largest absolute Gasteiger partial charge is 0.464 e. The molecule has 1 aromatic carbocycles. The van der Waals surface area contributed by atoms with Crippen LogP contribution in [0.2, 0.25) is 0 Å². The highest BCUT2D eigenvalue weighted by molar-refractivity contribution is 5.95. The molecule has 6 bridgehead atoms. The number of piperazine rings is 1. The first-order valence-electron chi connectivity index (χ1n) is 32.5. The van der Waals surface area contributed by atoms with Gasteiger partial charge in [0.2, 0.25) is 11.8 Å². The third kappa shape index (κ3) is 11.8. The van der Waals surface area contributed by atoms with Crippen LogP contribution < -0.4 is 20.5 Å². The summed E-state index contributed by atoms with van der Waals surface area (Å²) in [5.74, 6) is -0.246. The van der Waals surface area contributed by atoms with Gasteiger partial charge in [-0.15, -0.1) is 0 Å². The maximum absolute atomic E-state index is 15.7. The molecule has 3 amide bonds. The third-order valence-corrected chi connectivity index (χ3v) is 20.8. The average molecular weight is 1170 g/mol. The highest BCUT2D eigenvalue weighted by Crippen LogP contribution is 2.49. The number of aromatic nitrogens is 2. The number of nitrogens with zero attached hydrogens (tertiary/aromatic N) is 9. The number of alkyl halides is 3. The van der Waals surface area contributed by atoms with Gasteiger partial charge < -0.3 is 38.8 Å². The van der Waals surface area contributed by atoms with Gasteiger partial charge in [-0.2, -0.15) is 13.2 Å². The van der Waals surface area contributed by atoms with Crippen LogP contribution in [0.15, 0.2) is 30.5 Å². The van der Waals surface area contributed by atoms with E-state index >= 15 is 22.8 Å². The van der Waals surface area contributed by atoms with Crippen molar-refractivity contribution in [2.45, 2.75) is 172 Å². The van der Waals surface area contributed by atoms with E-state index in [-0.39, 0.29) is 85.5 Å². The number of carbonyl (C=O) groups excluding carboxylic acids is 4. The standard InChI is InChI=1S/C63H88F3N11O7/c1-39(82-5)52-47(30-44(33-67-52)72-25-23-71(24-26-72)42-14-15-42)55-48-32-61(2,3)38-84-60(81)49-11-8-20-77(69-49)58(79)50(31-45-34-73(27-28-83-45)43-16-17-51(46(48)29-43)76(55)37-63(64,65)66)68-57(78)54(40-9-6-7-10-40)74-21-18-62(35-74)19-22-75(36-62)59(80)56-53(70(56)4)41-12-13-41/h16-17,29-30,33,39-42,45,49-50,53-54,56,69H,6-15,18-28,31-32,34-38H2,1-5H3,(H,68,78)/t39-,45-,49-,50-,53+,54-,56+,62-,70?/m0/s1/i37D2. The monoisotopic (exact) mass is 1170 g/mol. The number of carbonyl (C=O) groups is 4. The lowest BCUT2D eigenvalue weighted by atomic mass is 9.84. The molecule has 2 aromatic heterocycles. The van der Waals surface area contributed by atoms with Crippen molar-refractivity contribution in [1.29, 1.82) is 0 Å². The minimum atomic E-state index is -5.36. The van der Waals surface area contributed by atoms with Crippen LogP contribution in [-0.4, -0.2) is 206 Å². The molecule has 84 heavy (non-hydrogen) atoms. The maximum atomic E-state index is 15.7. The van der Waals surface area contributed by atoms with Crippen molar-refractivity contribution in [3.8, 4) is 11.3 Å². The van der Waals surface area contributed by atoms with E-state index < -0.39 is 54.4 Å². The van der Waals surface area contributed by atoms with E-state index in [2.05, 4.69) is 47.2 Å². The number of morpholine rings is 1. The van der Waals surface area contributed by atoms with Crippen LogP contribution in [0.1, 0.15) is 124 Å². The normalized spacial score (nSPS) is 31.5. The van der Waals surface area contributed by atoms with E-state index in [4.69, 9.17) is 21.9 Å². The number of likely N-dealkylation sites (tertiary alicyclic amines) is 2. The topological polar surface area (TPSA) is 160 Å². The molecular weight excluding hydrogens is 1080 g/mol. The van der Waals surface area contributed by atoms with Gasteiger partial charge >= 0.3 is 12.1 Å². The molecule has 1 unspecified atom stereocenters. The number of fused-ring (bicyclic) bond motifs is 6. The predicted molar refractivity (Wildman–Crippen MR) is 312 cm³/mol. The van der Waals surface area contributed by atoms with Crippen LogP contribution in [0, 0.1) is 22.7 Å². The van der Waals surface area contributed by atoms with Crippen LogP contribution >= 0.6 is 0 Å². The summed E-state index contributed by atoms with van der Waals surface area (Å²) in [6, 6.07) is 5.44. The summed E-state index contributed by atoms with van der Waals surface area (Å²) in [4.78, 5) is 77.2. The molecule has 9 fully saturated rings. The molecule has 2 N–H and O–H groups in total. The minimum absolute atomic E-state index is 0.0171. The first-order chi connectivity index (χ1) is 41.1. The van der Waals surface area contributed by atoms with Crippen molar-refractivity contribution in [2.75, 3.05) is 109 Å². The molecule has 13 rings (SSSR count). The number of ether oxygens (including phenoxy) is 3. The molecule has 0 radical (unpaired) electrons. The maximum Gasteiger partial charge on any atom is 0.406 e. The zero-order chi connectivity index (χ0) is 60.2. The number of halogens is 3. The number of esters is 1. The lowest BCUT2D eigenvalue weighted by Crippen LogP contribution is -2.62. The van der Waals surface area contributed by atoms with Gasteiger partial charge in [0.25, 0.3) is 5.91 Å². The van der Waals surface area contributed by atoms with E-state index in [1.54, 1.807) is 25.3 Å². The smallest absolute Gasteiger partial charge is 0.406 e. The highest BCUT2D eigenvalue weighted by atomic mass is 19.4. The Morgan fingerprint density at radius 2 is 1.70 bits per heavy atom. The predicted octanol–water partition coefficient (Wildman–Crippen LogP) is 6.53. The van der Waals surface area contributed by atoms with Crippen LogP contribution in [-0.2, 0) is 46.3 Å². The van der Waals surface area contributed by atoms with Gasteiger partial charge in [-0.3, -0.25) is 43.9 Å². The zero-order valence-electron chi connectivity index (χ0n) is 51.8. The fourth-order valence-corrected chi connectivity index (χ4v) is 15.8. The molecule has 21 heteroatoms. The lowest BCUT2D eigenvalue weighted by molar-refractivity contribution is -0.156. The van der Waals surface area contributed by atoms with Crippen molar-refractivity contribution in [3.63, 3.8) is 0 Å². The number of pyridine rings is 1. The van der Waals surface area contributed by atoms with Gasteiger partial charge in [-0.25, -0.2) is 5.43 Å². The Hall–Kier alpha value is -5.06. The van der Waals surface area contributed by atoms with Crippen LogP contribution in [0.25, 0.3) is 22.2 Å². The zero-order valence-corrected chi connectivity index (χ0v) is 49.8. The summed E-state index contributed by atoms with van der Waals surface area (Å²) >= 11 is 0. The van der Waals surface area contributed by atoms with E-state index in [0.717, 1.165) is 62.7 Å². The Balaban J connectivity index is 0.841. The number of hydrogen-bond donors (Lipinski definition) is 2. The Morgan fingerprint density at radius 3 is 2.44 bits per heavy atom. The summed E-state index contributed by atoms with van der Waals surface area (Å²) in [5, 5.41) is 5.15. The average Bonchev–Trinajstić information content (AvgIpc) is 1.63. The number of methoxy groups -OCH3 is 1. The number of benzene rings is 1. The SMILES string of the molecule is [2H]C([2H])(n1c(-c2cc(N3CCN(C4CC4)CC3)cnc2[C@H](C)OC)c2c3cc(ccc31)N1CCO[C@@H](C[C@H](NC(=O)[C@H](C3CCCC3)N3CC[C@]4(CCN(C(=O)[C@H]5[C@@H](C6CC6)N5C)C4)C3)C(=O)N3CCC[C@H](N3)C(=O)OCC(C)(C)C2)C1)C(F)(F)F. The van der Waals surface area contributed by atoms with E-state index in [0.29, 0.717) is 104 Å². The Morgan fingerprint density at radius 1 is 0.929 bits per heavy atom. The fourth-order valence-electron chi connectivity index (χ4n) is 15.8. The third-order valence-electron chi connectivity index (χ3n) is 20.8. The number of nitrogens with one attached hydrogen (secondary N) is 2. The molecule has 7 aliphatic heterocycles. The summed E-state index contributed by atoms with van der Waals surface area (Å²) in [6.07, 6.45) is 6.42. The number of rotatable bonds is 12. The van der Waals surface area contributed by atoms with E-state index in [1.807, 2.05) is 26.0 Å². The first-order valence-corrected chi connectivity index (χ1v) is 31.5. The molecule has 9 heterocycles. The molecular formula is C63H88F3N11O7. The Labute approximate surface area is 495 Å². The molecule has 3 saturated carbocycles. The van der Waals surface area contributed by atoms with Crippen LogP contribution in [0.4, 0.5) is 24.5 Å². The Bertz CT molecular complexity index is 3070. The van der Waals surface area contributed by atoms with Crippen LogP contribution in [0.3, 0.4) is 0 Å². The molecule has 9 atom stereocenters. The van der Waals surface area contributed by atoms with Crippen molar-refractivity contribution < 1.29 is 49.3 Å². The van der Waals surface area contributed by atoms with Gasteiger partial charge in [0.1, 0.15) is 24.6 Å². The number of amides is 3. The molecule has 10 aliphatic rings. The van der Waals surface area contributed by atoms with Crippen molar-refractivity contribution >= 4 is 46.0 Å². The van der Waals surface area contributed by atoms with Gasteiger partial charge in [-0.05, 0) is 133 Å². The minimum Gasteiger partial charge on any atom is -0.464 e. The van der Waals surface area contributed by atoms with Crippen molar-refractivity contribution in [2.24, 2.45) is 22.7 Å². The fraction of sp³-hybridized carbons (Fsp3) is 0.730. The summed E-state index contributed by atoms with van der Waals surface area (Å²) in [5.41, 5.74) is 4.66. The number of hydrazine groups is 1. The molecule has 1 spiro atoms. The van der Waals surface area contributed by atoms with E-state index in [9.17, 15) is 9.59 Å². The number of cyclic esters (lactones) is 1. The van der Waals surface area contributed by atoms with Gasteiger partial charge in [0.15, 0.2) is 0 Å². The number of anilines is 2. The van der Waals surface area contributed by atoms with Gasteiger partial charge in [0.05, 0.1) is 57.5 Å². The molecule has 3 aliphatic carbocycles. The van der Waals surface area contributed by atoms with Crippen molar-refractivity contribution in [1.82, 2.24) is 44.9 Å². The summed E-state index contributed by atoms with van der Waals surface area (Å²) in [6.45, 7) is 8.55. The first kappa shape index (κ1) is 55.5. The lowest BCUT2D eigenvalue weighted by Gasteiger charge is -2.39. The second-order valence-electron chi connectivity index (χ2n) is 27.4. The van der Waals surface area contributed by atoms with Crippen LogP contribution in [0.5, 0.6) is 0 Å². The number of hydrogen-bond acceptors (Lipinski definition) is 14. The quantitative estimate of drug-likeness (QED) is 0.149. The second kappa shape index (κ2) is 22.9. The number of likely N-dealkylation sites (N-methyl/N-ethyl adjacent to an activating group) is 1. The van der Waals surface area contributed by atoms with Gasteiger partial charge in [-0.1, -0.05) is 26.7 Å². The molecule has 458 valence electrons. The summed E-state index contributed by atoms with van der Waals surface area (Å²) in [7, 11) is 3.58. The Kier molecular flexibility index (Phi) is 15.1. The molecule has 18 nitrogen and oxygen atoms in total.